The SMILES string of the molecule is CNC(=O)c1ccc(COc2ccccc2)cc1. The third-order valence-electron chi connectivity index (χ3n) is 2.59. The summed E-state index contributed by atoms with van der Waals surface area (Å²) in [5, 5.41) is 2.59. The standard InChI is InChI=1S/C15H15NO2/c1-16-15(17)13-9-7-12(8-10-13)11-18-14-5-3-2-4-6-14/h2-10H,11H2,1H3,(H,16,17). The summed E-state index contributed by atoms with van der Waals surface area (Å²) >= 11 is 0. The average Bonchev–Trinajstić information content (AvgIpc) is 2.46. The van der Waals surface area contributed by atoms with Gasteiger partial charge in [0.2, 0.25) is 0 Å². The molecule has 1 amide bonds. The fourth-order valence-corrected chi connectivity index (χ4v) is 1.58. The van der Waals surface area contributed by atoms with E-state index >= 15 is 0 Å². The summed E-state index contributed by atoms with van der Waals surface area (Å²) in [4.78, 5) is 11.4. The first-order chi connectivity index (χ1) is 8.79. The topological polar surface area (TPSA) is 38.3 Å². The predicted molar refractivity (Wildman–Crippen MR) is 70.6 cm³/mol. The van der Waals surface area contributed by atoms with Crippen LogP contribution >= 0.6 is 0 Å². The molecule has 0 saturated carbocycles. The Kier molecular flexibility index (Phi) is 3.97. The normalized spacial score (nSPS) is 9.83. The summed E-state index contributed by atoms with van der Waals surface area (Å²) < 4.78 is 5.62. The molecule has 0 aliphatic carbocycles. The van der Waals surface area contributed by atoms with Crippen molar-refractivity contribution in [3.63, 3.8) is 0 Å². The Bertz CT molecular complexity index is 506. The maximum Gasteiger partial charge on any atom is 0.251 e. The Hall–Kier alpha value is -2.29. The van der Waals surface area contributed by atoms with Crippen LogP contribution < -0.4 is 10.1 Å². The second-order valence-corrected chi connectivity index (χ2v) is 3.88. The minimum Gasteiger partial charge on any atom is -0.489 e. The lowest BCUT2D eigenvalue weighted by molar-refractivity contribution is 0.0963. The fourth-order valence-electron chi connectivity index (χ4n) is 1.58. The first kappa shape index (κ1) is 12.2. The van der Waals surface area contributed by atoms with E-state index in [0.717, 1.165) is 11.3 Å². The summed E-state index contributed by atoms with van der Waals surface area (Å²) in [7, 11) is 1.62. The molecule has 2 rings (SSSR count). The van der Waals surface area contributed by atoms with E-state index in [4.69, 9.17) is 4.74 Å². The van der Waals surface area contributed by atoms with Gasteiger partial charge in [-0.15, -0.1) is 0 Å². The van der Waals surface area contributed by atoms with Crippen LogP contribution in [0.15, 0.2) is 54.6 Å². The van der Waals surface area contributed by atoms with Crippen LogP contribution in [-0.4, -0.2) is 13.0 Å². The molecule has 0 spiro atoms. The first-order valence-electron chi connectivity index (χ1n) is 5.78. The molecule has 0 radical (unpaired) electrons. The fraction of sp³-hybridized carbons (Fsp3) is 0.133. The second kappa shape index (κ2) is 5.87. The Morgan fingerprint density at radius 3 is 2.33 bits per heavy atom. The highest BCUT2D eigenvalue weighted by atomic mass is 16.5. The number of benzene rings is 2. The van der Waals surface area contributed by atoms with Crippen LogP contribution in [0, 0.1) is 0 Å². The molecule has 0 heterocycles. The van der Waals surface area contributed by atoms with Crippen molar-refractivity contribution in [1.82, 2.24) is 5.32 Å². The molecular weight excluding hydrogens is 226 g/mol. The van der Waals surface area contributed by atoms with Crippen LogP contribution in [-0.2, 0) is 6.61 Å². The summed E-state index contributed by atoms with van der Waals surface area (Å²) in [6.45, 7) is 0.498. The molecule has 0 atom stereocenters. The van der Waals surface area contributed by atoms with E-state index in [1.165, 1.54) is 0 Å². The van der Waals surface area contributed by atoms with Crippen molar-refractivity contribution >= 4 is 5.91 Å². The van der Waals surface area contributed by atoms with Gasteiger partial charge >= 0.3 is 0 Å². The molecule has 2 aromatic rings. The largest absolute Gasteiger partial charge is 0.489 e. The Morgan fingerprint density at radius 2 is 1.72 bits per heavy atom. The summed E-state index contributed by atoms with van der Waals surface area (Å²) in [5.41, 5.74) is 1.69. The highest BCUT2D eigenvalue weighted by Gasteiger charge is 2.02. The third kappa shape index (κ3) is 3.10. The number of amides is 1. The molecular formula is C15H15NO2. The number of hydrogen-bond donors (Lipinski definition) is 1. The molecule has 92 valence electrons. The number of carbonyl (C=O) groups excluding carboxylic acids is 1. The van der Waals surface area contributed by atoms with E-state index in [2.05, 4.69) is 5.32 Å². The van der Waals surface area contributed by atoms with Gasteiger partial charge in [0.25, 0.3) is 5.91 Å². The number of ether oxygens (including phenoxy) is 1. The van der Waals surface area contributed by atoms with E-state index in [0.29, 0.717) is 12.2 Å². The highest BCUT2D eigenvalue weighted by molar-refractivity contribution is 5.93. The quantitative estimate of drug-likeness (QED) is 0.893. The van der Waals surface area contributed by atoms with E-state index in [-0.39, 0.29) is 5.91 Å². The van der Waals surface area contributed by atoms with Crippen LogP contribution in [0.2, 0.25) is 0 Å². The van der Waals surface area contributed by atoms with E-state index in [9.17, 15) is 4.79 Å². The number of para-hydroxylation sites is 1. The van der Waals surface area contributed by atoms with Crippen LogP contribution in [0.5, 0.6) is 5.75 Å². The maximum absolute atomic E-state index is 11.4. The maximum atomic E-state index is 11.4. The summed E-state index contributed by atoms with van der Waals surface area (Å²) in [6, 6.07) is 17.0. The monoisotopic (exact) mass is 241 g/mol. The van der Waals surface area contributed by atoms with Gasteiger partial charge in [-0.3, -0.25) is 4.79 Å². The molecule has 0 aromatic heterocycles. The molecule has 0 fully saturated rings. The number of carbonyl (C=O) groups is 1. The molecule has 1 N–H and O–H groups in total. The lowest BCUT2D eigenvalue weighted by Gasteiger charge is -2.06. The van der Waals surface area contributed by atoms with Gasteiger partial charge in [0.05, 0.1) is 0 Å². The van der Waals surface area contributed by atoms with Gasteiger partial charge in [0.15, 0.2) is 0 Å². The lowest BCUT2D eigenvalue weighted by atomic mass is 10.1. The number of nitrogens with one attached hydrogen (secondary N) is 1. The van der Waals surface area contributed by atoms with Crippen LogP contribution in [0.4, 0.5) is 0 Å². The van der Waals surface area contributed by atoms with Gasteiger partial charge in [-0.2, -0.15) is 0 Å². The molecule has 0 saturated heterocycles. The predicted octanol–water partition coefficient (Wildman–Crippen LogP) is 2.63. The Balaban J connectivity index is 1.97. The third-order valence-corrected chi connectivity index (χ3v) is 2.59. The summed E-state index contributed by atoms with van der Waals surface area (Å²) in [5.74, 6) is 0.762. The van der Waals surface area contributed by atoms with Crippen molar-refractivity contribution in [2.75, 3.05) is 7.05 Å². The second-order valence-electron chi connectivity index (χ2n) is 3.88. The van der Waals surface area contributed by atoms with Gasteiger partial charge < -0.3 is 10.1 Å². The minimum atomic E-state index is -0.0782. The van der Waals surface area contributed by atoms with Crippen molar-refractivity contribution in [2.45, 2.75) is 6.61 Å². The minimum absolute atomic E-state index is 0.0782. The smallest absolute Gasteiger partial charge is 0.251 e. The highest BCUT2D eigenvalue weighted by Crippen LogP contribution is 2.12. The zero-order valence-electron chi connectivity index (χ0n) is 10.2. The van der Waals surface area contributed by atoms with Crippen LogP contribution in [0.1, 0.15) is 15.9 Å². The zero-order chi connectivity index (χ0) is 12.8. The Labute approximate surface area is 106 Å². The lowest BCUT2D eigenvalue weighted by Crippen LogP contribution is -2.17. The van der Waals surface area contributed by atoms with E-state index < -0.39 is 0 Å². The van der Waals surface area contributed by atoms with Crippen molar-refractivity contribution in [2.24, 2.45) is 0 Å². The number of rotatable bonds is 4. The Morgan fingerprint density at radius 1 is 1.06 bits per heavy atom. The average molecular weight is 241 g/mol. The van der Waals surface area contributed by atoms with Crippen molar-refractivity contribution in [3.8, 4) is 5.75 Å². The van der Waals surface area contributed by atoms with Crippen molar-refractivity contribution in [3.05, 3.63) is 65.7 Å². The van der Waals surface area contributed by atoms with Crippen molar-refractivity contribution < 1.29 is 9.53 Å². The van der Waals surface area contributed by atoms with Gasteiger partial charge in [0.1, 0.15) is 12.4 Å². The van der Waals surface area contributed by atoms with E-state index in [1.807, 2.05) is 42.5 Å². The summed E-state index contributed by atoms with van der Waals surface area (Å²) in [6.07, 6.45) is 0. The first-order valence-corrected chi connectivity index (χ1v) is 5.78. The molecule has 3 nitrogen and oxygen atoms in total. The van der Waals surface area contributed by atoms with Gasteiger partial charge in [-0.1, -0.05) is 30.3 Å². The molecule has 0 aliphatic rings. The van der Waals surface area contributed by atoms with Crippen molar-refractivity contribution in [1.29, 1.82) is 0 Å². The van der Waals surface area contributed by atoms with Gasteiger partial charge in [0, 0.05) is 12.6 Å². The molecule has 3 heteroatoms. The van der Waals surface area contributed by atoms with Gasteiger partial charge in [-0.05, 0) is 29.8 Å². The number of hydrogen-bond acceptors (Lipinski definition) is 2. The molecule has 0 unspecified atom stereocenters. The molecule has 0 aliphatic heterocycles. The molecule has 2 aromatic carbocycles. The molecule has 18 heavy (non-hydrogen) atoms. The zero-order valence-corrected chi connectivity index (χ0v) is 10.2. The van der Waals surface area contributed by atoms with Gasteiger partial charge in [-0.25, -0.2) is 0 Å². The van der Waals surface area contributed by atoms with E-state index in [1.54, 1.807) is 19.2 Å². The van der Waals surface area contributed by atoms with Crippen LogP contribution in [0.3, 0.4) is 0 Å². The molecule has 0 bridgehead atoms. The van der Waals surface area contributed by atoms with Crippen LogP contribution in [0.25, 0.3) is 0 Å².